The van der Waals surface area contributed by atoms with Gasteiger partial charge in [0.2, 0.25) is 0 Å². The molecule has 0 unspecified atom stereocenters. The van der Waals surface area contributed by atoms with E-state index in [0.29, 0.717) is 5.47 Å². The molecule has 0 N–H and O–H groups in total. The zero-order valence-corrected chi connectivity index (χ0v) is 6.25. The molecule has 0 aromatic carbocycles. The molecule has 1 rings (SSSR count). The zero-order valence-electron chi connectivity index (χ0n) is 6.25. The Morgan fingerprint density at radius 1 is 1.64 bits per heavy atom. The summed E-state index contributed by atoms with van der Waals surface area (Å²) in [5.41, 5.74) is 2.34. The number of nitrogens with zero attached hydrogens (tertiary/aromatic N) is 1. The summed E-state index contributed by atoms with van der Waals surface area (Å²) in [5, 5.41) is 0. The van der Waals surface area contributed by atoms with Gasteiger partial charge in [0.15, 0.2) is 0 Å². The number of pyridine rings is 1. The first kappa shape index (κ1) is 7.80. The summed E-state index contributed by atoms with van der Waals surface area (Å²) >= 11 is 0. The normalized spacial score (nSPS) is 9.09. The maximum atomic E-state index is 5.51. The molecule has 0 saturated heterocycles. The van der Waals surface area contributed by atoms with Gasteiger partial charge in [-0.2, -0.15) is 0 Å². The minimum atomic E-state index is 0.521. The summed E-state index contributed by atoms with van der Waals surface area (Å²) in [6.45, 7) is 7.27. The molecule has 1 heterocycles. The van der Waals surface area contributed by atoms with E-state index >= 15 is 0 Å². The van der Waals surface area contributed by atoms with Crippen LogP contribution in [0.1, 0.15) is 11.1 Å². The summed E-state index contributed by atoms with van der Waals surface area (Å²) < 4.78 is 0. The Hall–Kier alpha value is -1.31. The fourth-order valence-corrected chi connectivity index (χ4v) is 0.852. The lowest BCUT2D eigenvalue weighted by Gasteiger charge is -2.02. The predicted octanol–water partition coefficient (Wildman–Crippen LogP) is 1.86. The van der Waals surface area contributed by atoms with Gasteiger partial charge in [-0.3, -0.25) is 4.98 Å². The summed E-state index contributed by atoms with van der Waals surface area (Å²) in [7, 11) is 5.51. The van der Waals surface area contributed by atoms with Crippen LogP contribution >= 0.6 is 0 Å². The molecule has 2 radical (unpaired) electrons. The number of aromatic nitrogens is 1. The van der Waals surface area contributed by atoms with E-state index in [1.165, 1.54) is 0 Å². The maximum absolute atomic E-state index is 5.51. The van der Waals surface area contributed by atoms with E-state index < -0.39 is 0 Å². The first-order valence-corrected chi connectivity index (χ1v) is 3.27. The molecule has 52 valence electrons. The van der Waals surface area contributed by atoms with E-state index in [4.69, 9.17) is 7.85 Å². The van der Waals surface area contributed by atoms with Crippen LogP contribution in [-0.2, 0) is 0 Å². The number of hydrogen-bond acceptors (Lipinski definition) is 1. The Labute approximate surface area is 67.9 Å². The molecule has 1 aromatic heterocycles. The van der Waals surface area contributed by atoms with Crippen LogP contribution in [0.4, 0.5) is 0 Å². The van der Waals surface area contributed by atoms with Crippen LogP contribution in [0.2, 0.25) is 0 Å². The molecule has 1 nitrogen and oxygen atoms in total. The lowest BCUT2D eigenvalue weighted by molar-refractivity contribution is 1.31. The van der Waals surface area contributed by atoms with Crippen LogP contribution < -0.4 is 0 Å². The molecule has 0 bridgehead atoms. The van der Waals surface area contributed by atoms with Gasteiger partial charge in [-0.1, -0.05) is 18.1 Å². The van der Waals surface area contributed by atoms with Crippen LogP contribution in [0.3, 0.4) is 0 Å². The SMILES string of the molecule is [B]C(=C)c1cnccc1C=C. The Morgan fingerprint density at radius 2 is 2.36 bits per heavy atom. The molecule has 1 aromatic rings. The van der Waals surface area contributed by atoms with Crippen molar-refractivity contribution in [3.63, 3.8) is 0 Å². The molecule has 0 saturated carbocycles. The van der Waals surface area contributed by atoms with Gasteiger partial charge < -0.3 is 0 Å². The largest absolute Gasteiger partial charge is 0.264 e. The Morgan fingerprint density at radius 3 is 2.82 bits per heavy atom. The molecule has 0 amide bonds. The third kappa shape index (κ3) is 1.58. The lowest BCUT2D eigenvalue weighted by Crippen LogP contribution is -1.87. The van der Waals surface area contributed by atoms with Gasteiger partial charge in [0, 0.05) is 12.4 Å². The van der Waals surface area contributed by atoms with Crippen molar-refractivity contribution in [1.82, 2.24) is 4.98 Å². The quantitative estimate of drug-likeness (QED) is 0.572. The topological polar surface area (TPSA) is 12.9 Å². The van der Waals surface area contributed by atoms with Gasteiger partial charge in [0.25, 0.3) is 0 Å². The predicted molar refractivity (Wildman–Crippen MR) is 49.1 cm³/mol. The van der Waals surface area contributed by atoms with Crippen molar-refractivity contribution in [3.05, 3.63) is 42.7 Å². The van der Waals surface area contributed by atoms with E-state index in [9.17, 15) is 0 Å². The molecule has 11 heavy (non-hydrogen) atoms. The smallest absolute Gasteiger partial charge is 0.113 e. The highest BCUT2D eigenvalue weighted by molar-refractivity contribution is 6.42. The highest BCUT2D eigenvalue weighted by atomic mass is 14.6. The highest BCUT2D eigenvalue weighted by Crippen LogP contribution is 2.13. The van der Waals surface area contributed by atoms with Gasteiger partial charge in [-0.15, -0.1) is 6.58 Å². The molecular formula is C9H8BN. The number of hydrogen-bond donors (Lipinski definition) is 0. The van der Waals surface area contributed by atoms with Gasteiger partial charge in [-0.25, -0.2) is 0 Å². The molecule has 0 aliphatic rings. The lowest BCUT2D eigenvalue weighted by atomic mass is 9.88. The van der Waals surface area contributed by atoms with Crippen LogP contribution in [0.25, 0.3) is 11.5 Å². The second-order valence-electron chi connectivity index (χ2n) is 2.19. The molecular weight excluding hydrogens is 133 g/mol. The summed E-state index contributed by atoms with van der Waals surface area (Å²) in [6, 6.07) is 1.85. The highest BCUT2D eigenvalue weighted by Gasteiger charge is 1.96. The third-order valence-electron chi connectivity index (χ3n) is 1.42. The van der Waals surface area contributed by atoms with Crippen molar-refractivity contribution < 1.29 is 0 Å². The van der Waals surface area contributed by atoms with Crippen molar-refractivity contribution in [3.8, 4) is 0 Å². The second-order valence-corrected chi connectivity index (χ2v) is 2.19. The average molecular weight is 141 g/mol. The average Bonchev–Trinajstić information content (AvgIpc) is 2.04. The molecule has 0 aliphatic heterocycles. The van der Waals surface area contributed by atoms with Crippen LogP contribution in [0.15, 0.2) is 31.6 Å². The van der Waals surface area contributed by atoms with Gasteiger partial charge in [-0.05, 0) is 17.2 Å². The van der Waals surface area contributed by atoms with Gasteiger partial charge in [0.1, 0.15) is 7.85 Å². The van der Waals surface area contributed by atoms with Crippen molar-refractivity contribution in [2.45, 2.75) is 0 Å². The van der Waals surface area contributed by atoms with E-state index in [1.807, 2.05) is 6.07 Å². The molecule has 0 aliphatic carbocycles. The van der Waals surface area contributed by atoms with Crippen LogP contribution in [0.5, 0.6) is 0 Å². The van der Waals surface area contributed by atoms with E-state index in [1.54, 1.807) is 18.5 Å². The van der Waals surface area contributed by atoms with E-state index in [2.05, 4.69) is 18.1 Å². The van der Waals surface area contributed by atoms with Crippen molar-refractivity contribution in [2.24, 2.45) is 0 Å². The van der Waals surface area contributed by atoms with Crippen molar-refractivity contribution in [2.75, 3.05) is 0 Å². The second kappa shape index (κ2) is 3.19. The minimum Gasteiger partial charge on any atom is -0.264 e. The summed E-state index contributed by atoms with van der Waals surface area (Å²) in [6.07, 6.45) is 5.11. The van der Waals surface area contributed by atoms with Gasteiger partial charge in [0.05, 0.1) is 0 Å². The maximum Gasteiger partial charge on any atom is 0.113 e. The summed E-state index contributed by atoms with van der Waals surface area (Å²) in [5.74, 6) is 0. The summed E-state index contributed by atoms with van der Waals surface area (Å²) in [4.78, 5) is 3.93. The molecule has 0 fully saturated rings. The van der Waals surface area contributed by atoms with Gasteiger partial charge >= 0.3 is 0 Å². The van der Waals surface area contributed by atoms with E-state index in [-0.39, 0.29) is 0 Å². The Kier molecular flexibility index (Phi) is 2.26. The monoisotopic (exact) mass is 141 g/mol. The van der Waals surface area contributed by atoms with Crippen LogP contribution in [0, 0.1) is 0 Å². The fraction of sp³-hybridized carbons (Fsp3) is 0. The van der Waals surface area contributed by atoms with Crippen molar-refractivity contribution in [1.29, 1.82) is 0 Å². The number of rotatable bonds is 2. The Balaban J connectivity index is 3.22. The minimum absolute atomic E-state index is 0.521. The molecule has 2 heteroatoms. The van der Waals surface area contributed by atoms with Crippen molar-refractivity contribution >= 4 is 19.4 Å². The zero-order chi connectivity index (χ0) is 8.27. The fourth-order valence-electron chi connectivity index (χ4n) is 0.852. The molecule has 0 atom stereocenters. The standard InChI is InChI=1S/C9H8BN/c1-3-8-4-5-11-6-9(8)7(2)10/h3-6H,1-2H2. The third-order valence-corrected chi connectivity index (χ3v) is 1.42. The molecule has 0 spiro atoms. The first-order valence-electron chi connectivity index (χ1n) is 3.27. The van der Waals surface area contributed by atoms with Crippen LogP contribution in [-0.4, -0.2) is 12.8 Å². The Bertz CT molecular complexity index is 291. The first-order chi connectivity index (χ1) is 5.25. The van der Waals surface area contributed by atoms with E-state index in [0.717, 1.165) is 11.1 Å².